The number of terminal acetylenes is 1. The highest BCUT2D eigenvalue weighted by molar-refractivity contribution is 5.68. The van der Waals surface area contributed by atoms with Crippen molar-refractivity contribution in [1.82, 2.24) is 9.80 Å². The second kappa shape index (κ2) is 12.4. The molecule has 0 aromatic heterocycles. The van der Waals surface area contributed by atoms with E-state index in [1.165, 1.54) is 0 Å². The molecule has 37 heavy (non-hydrogen) atoms. The number of fused-ring (bicyclic) bond motifs is 2. The Balaban J connectivity index is 1.41. The predicted octanol–water partition coefficient (Wildman–Crippen LogP) is 4.39. The molecular weight excluding hydrogens is 470 g/mol. The Kier molecular flexibility index (Phi) is 8.77. The van der Waals surface area contributed by atoms with Crippen LogP contribution < -0.4 is 14.2 Å². The summed E-state index contributed by atoms with van der Waals surface area (Å²) in [5.41, 5.74) is 1.63. The Morgan fingerprint density at radius 1 is 1.08 bits per heavy atom. The van der Waals surface area contributed by atoms with Crippen molar-refractivity contribution in [3.05, 3.63) is 53.6 Å². The molecule has 0 aliphatic carbocycles. The highest BCUT2D eigenvalue weighted by atomic mass is 16.6. The van der Waals surface area contributed by atoms with Crippen LogP contribution in [0.5, 0.6) is 17.2 Å². The molecule has 2 fully saturated rings. The van der Waals surface area contributed by atoms with Crippen LogP contribution in [0.4, 0.5) is 4.79 Å². The average molecular weight is 504 g/mol. The Labute approximate surface area is 218 Å². The van der Waals surface area contributed by atoms with Crippen LogP contribution in [-0.2, 0) is 4.74 Å². The van der Waals surface area contributed by atoms with Crippen LogP contribution in [0.15, 0.2) is 42.5 Å². The second-order valence-corrected chi connectivity index (χ2v) is 9.29. The van der Waals surface area contributed by atoms with E-state index in [9.17, 15) is 10.1 Å². The molecule has 2 aromatic carbocycles. The summed E-state index contributed by atoms with van der Waals surface area (Å²) in [6.07, 6.45) is 8.57. The highest BCUT2D eigenvalue weighted by Gasteiger charge is 2.41. The van der Waals surface area contributed by atoms with Crippen LogP contribution in [0.3, 0.4) is 0 Å². The number of carbonyl (C=O) groups is 1. The number of hydrogen-bond donors (Lipinski definition) is 0. The molecular formula is C29H33N3O5. The molecule has 2 aliphatic heterocycles. The van der Waals surface area contributed by atoms with Crippen LogP contribution in [0.25, 0.3) is 0 Å². The third kappa shape index (κ3) is 6.28. The summed E-state index contributed by atoms with van der Waals surface area (Å²) < 4.78 is 22.4. The molecule has 3 atom stereocenters. The van der Waals surface area contributed by atoms with E-state index in [0.29, 0.717) is 48.0 Å². The number of carbonyl (C=O) groups excluding carboxylic acids is 1. The van der Waals surface area contributed by atoms with Crippen LogP contribution in [0.1, 0.15) is 42.9 Å². The fraction of sp³-hybridized carbons (Fsp3) is 0.448. The molecule has 8 heteroatoms. The second-order valence-electron chi connectivity index (χ2n) is 9.29. The number of nitrogens with zero attached hydrogens (tertiary/aromatic N) is 3. The number of hydrogen-bond acceptors (Lipinski definition) is 7. The molecule has 2 saturated heterocycles. The first kappa shape index (κ1) is 26.2. The summed E-state index contributed by atoms with van der Waals surface area (Å²) in [4.78, 5) is 16.6. The number of benzene rings is 2. The standard InChI is InChI=1S/C29H33N3O5/c1-4-16-36-29(33)31-19-23-11-12-24(20-31)32(23)15-5-6-26(22-9-7-21(18-30)8-10-22)37-25-13-14-27(34-2)28(17-25)35-3/h1,7-10,13-14,17,23-24,26H,5-6,11-12,15-16,19-20H2,2-3H3. The number of amides is 1. The minimum absolute atomic E-state index is 0.00514. The molecule has 0 saturated carbocycles. The Bertz CT molecular complexity index is 1140. The van der Waals surface area contributed by atoms with Crippen molar-refractivity contribution in [2.45, 2.75) is 43.9 Å². The maximum atomic E-state index is 12.3. The highest BCUT2D eigenvalue weighted by Crippen LogP contribution is 2.35. The molecule has 194 valence electrons. The lowest BCUT2D eigenvalue weighted by Gasteiger charge is -2.40. The van der Waals surface area contributed by atoms with Gasteiger partial charge >= 0.3 is 6.09 Å². The topological polar surface area (TPSA) is 84.3 Å². The normalized spacial score (nSPS) is 19.4. The van der Waals surface area contributed by atoms with Gasteiger partial charge in [0.15, 0.2) is 18.1 Å². The minimum Gasteiger partial charge on any atom is -0.493 e. The van der Waals surface area contributed by atoms with Gasteiger partial charge < -0.3 is 23.8 Å². The lowest BCUT2D eigenvalue weighted by atomic mass is 10.0. The van der Waals surface area contributed by atoms with E-state index in [2.05, 4.69) is 16.9 Å². The lowest BCUT2D eigenvalue weighted by Crippen LogP contribution is -2.55. The van der Waals surface area contributed by atoms with Gasteiger partial charge in [-0.05, 0) is 62.1 Å². The number of piperazine rings is 1. The lowest BCUT2D eigenvalue weighted by molar-refractivity contribution is 0.0480. The fourth-order valence-corrected chi connectivity index (χ4v) is 5.28. The molecule has 2 heterocycles. The van der Waals surface area contributed by atoms with Crippen molar-refractivity contribution in [1.29, 1.82) is 5.26 Å². The zero-order valence-electron chi connectivity index (χ0n) is 21.4. The van der Waals surface area contributed by atoms with Crippen LogP contribution in [-0.4, -0.2) is 68.4 Å². The number of methoxy groups -OCH3 is 2. The molecule has 3 unspecified atom stereocenters. The quantitative estimate of drug-likeness (QED) is 0.445. The number of ether oxygens (including phenoxy) is 4. The summed E-state index contributed by atoms with van der Waals surface area (Å²) in [6.45, 7) is 2.26. The summed E-state index contributed by atoms with van der Waals surface area (Å²) in [6, 6.07) is 15.9. The van der Waals surface area contributed by atoms with Gasteiger partial charge in [-0.3, -0.25) is 4.90 Å². The fourth-order valence-electron chi connectivity index (χ4n) is 5.28. The van der Waals surface area contributed by atoms with Crippen LogP contribution >= 0.6 is 0 Å². The van der Waals surface area contributed by atoms with Gasteiger partial charge in [0, 0.05) is 31.2 Å². The van der Waals surface area contributed by atoms with E-state index in [4.69, 9.17) is 25.4 Å². The monoisotopic (exact) mass is 503 g/mol. The van der Waals surface area contributed by atoms with Gasteiger partial charge in [-0.2, -0.15) is 5.26 Å². The Morgan fingerprint density at radius 3 is 2.41 bits per heavy atom. The maximum Gasteiger partial charge on any atom is 0.410 e. The third-order valence-electron chi connectivity index (χ3n) is 7.10. The molecule has 8 nitrogen and oxygen atoms in total. The van der Waals surface area contributed by atoms with Crippen molar-refractivity contribution in [3.8, 4) is 35.7 Å². The van der Waals surface area contributed by atoms with E-state index in [-0.39, 0.29) is 18.8 Å². The van der Waals surface area contributed by atoms with Crippen LogP contribution in [0, 0.1) is 23.7 Å². The van der Waals surface area contributed by atoms with Crippen LogP contribution in [0.2, 0.25) is 0 Å². The Morgan fingerprint density at radius 2 is 1.78 bits per heavy atom. The predicted molar refractivity (Wildman–Crippen MR) is 139 cm³/mol. The van der Waals surface area contributed by atoms with Crippen molar-refractivity contribution in [3.63, 3.8) is 0 Å². The smallest absolute Gasteiger partial charge is 0.410 e. The van der Waals surface area contributed by atoms with Crippen molar-refractivity contribution < 1.29 is 23.7 Å². The first-order valence-electron chi connectivity index (χ1n) is 12.6. The SMILES string of the molecule is C#CCOC(=O)N1CC2CCC(C1)N2CCCC(Oc1ccc(OC)c(OC)c1)c1ccc(C#N)cc1. The maximum absolute atomic E-state index is 12.3. The zero-order chi connectivity index (χ0) is 26.2. The van der Waals surface area contributed by atoms with E-state index in [1.54, 1.807) is 19.1 Å². The minimum atomic E-state index is -0.321. The largest absolute Gasteiger partial charge is 0.493 e. The van der Waals surface area contributed by atoms with E-state index >= 15 is 0 Å². The molecule has 4 rings (SSSR count). The van der Waals surface area contributed by atoms with Gasteiger partial charge in [0.1, 0.15) is 11.9 Å². The number of likely N-dealkylation sites (tertiary alicyclic amines) is 1. The van der Waals surface area contributed by atoms with Gasteiger partial charge in [-0.1, -0.05) is 18.1 Å². The van der Waals surface area contributed by atoms with Crippen molar-refractivity contribution >= 4 is 6.09 Å². The zero-order valence-corrected chi connectivity index (χ0v) is 21.4. The van der Waals surface area contributed by atoms with Crippen molar-refractivity contribution in [2.24, 2.45) is 0 Å². The van der Waals surface area contributed by atoms with Gasteiger partial charge in [0.25, 0.3) is 0 Å². The first-order chi connectivity index (χ1) is 18.1. The first-order valence-corrected chi connectivity index (χ1v) is 12.6. The molecule has 2 aliphatic rings. The molecule has 2 aromatic rings. The number of nitriles is 1. The van der Waals surface area contributed by atoms with E-state index in [1.807, 2.05) is 42.5 Å². The summed E-state index contributed by atoms with van der Waals surface area (Å²) in [5.74, 6) is 4.28. The van der Waals surface area contributed by atoms with E-state index < -0.39 is 0 Å². The van der Waals surface area contributed by atoms with E-state index in [0.717, 1.165) is 37.8 Å². The Hall–Kier alpha value is -3.88. The molecule has 0 spiro atoms. The molecule has 2 bridgehead atoms. The van der Waals surface area contributed by atoms with Gasteiger partial charge in [0.2, 0.25) is 0 Å². The van der Waals surface area contributed by atoms with Gasteiger partial charge in [0.05, 0.1) is 25.9 Å². The summed E-state index contributed by atoms with van der Waals surface area (Å²) in [7, 11) is 3.20. The summed E-state index contributed by atoms with van der Waals surface area (Å²) in [5, 5.41) is 9.19. The molecule has 0 N–H and O–H groups in total. The molecule has 1 amide bonds. The van der Waals surface area contributed by atoms with Crippen molar-refractivity contribution in [2.75, 3.05) is 40.5 Å². The van der Waals surface area contributed by atoms with Gasteiger partial charge in [-0.25, -0.2) is 4.79 Å². The summed E-state index contributed by atoms with van der Waals surface area (Å²) >= 11 is 0. The van der Waals surface area contributed by atoms with Gasteiger partial charge in [-0.15, -0.1) is 6.42 Å². The number of rotatable bonds is 10. The average Bonchev–Trinajstić information content (AvgIpc) is 3.16. The molecule has 0 radical (unpaired) electrons. The third-order valence-corrected chi connectivity index (χ3v) is 7.10.